The van der Waals surface area contributed by atoms with Gasteiger partial charge in [0.25, 0.3) is 0 Å². The van der Waals surface area contributed by atoms with Gasteiger partial charge < -0.3 is 4.90 Å². The highest BCUT2D eigenvalue weighted by atomic mass is 15.2. The zero-order valence-electron chi connectivity index (χ0n) is 15.6. The lowest BCUT2D eigenvalue weighted by Gasteiger charge is -2.47. The molecular formula is C23H26N2. The number of nitrogens with zero attached hydrogens (tertiary/aromatic N) is 2. The van der Waals surface area contributed by atoms with Crippen LogP contribution in [0.4, 0.5) is 5.69 Å². The third kappa shape index (κ3) is 3.33. The van der Waals surface area contributed by atoms with Gasteiger partial charge in [-0.2, -0.15) is 5.26 Å². The lowest BCUT2D eigenvalue weighted by Crippen LogP contribution is -2.48. The van der Waals surface area contributed by atoms with E-state index in [1.165, 1.54) is 11.3 Å². The molecule has 3 rings (SSSR count). The van der Waals surface area contributed by atoms with Gasteiger partial charge in [0.05, 0.1) is 11.6 Å². The van der Waals surface area contributed by atoms with E-state index in [1.54, 1.807) is 0 Å². The third-order valence-corrected chi connectivity index (χ3v) is 5.24. The Labute approximate surface area is 151 Å². The SMILES string of the molecule is CCN1c2ccc(/C=C(\C#N)c3ccccc3)cc2[C@H](C)CC1(C)C. The smallest absolute Gasteiger partial charge is 0.0998 e. The van der Waals surface area contributed by atoms with Crippen LogP contribution >= 0.6 is 0 Å². The summed E-state index contributed by atoms with van der Waals surface area (Å²) in [7, 11) is 0. The van der Waals surface area contributed by atoms with Crippen LogP contribution in [0.15, 0.2) is 48.5 Å². The number of allylic oxidation sites excluding steroid dienone is 1. The molecule has 0 unspecified atom stereocenters. The van der Waals surface area contributed by atoms with Crippen molar-refractivity contribution in [3.8, 4) is 6.07 Å². The first kappa shape index (κ1) is 17.3. The lowest BCUT2D eigenvalue weighted by molar-refractivity contribution is 0.381. The Hall–Kier alpha value is -2.53. The van der Waals surface area contributed by atoms with Crippen molar-refractivity contribution in [2.24, 2.45) is 0 Å². The van der Waals surface area contributed by atoms with Gasteiger partial charge in [-0.05, 0) is 68.0 Å². The first-order valence-electron chi connectivity index (χ1n) is 9.05. The Morgan fingerprint density at radius 3 is 2.60 bits per heavy atom. The van der Waals surface area contributed by atoms with Gasteiger partial charge in [-0.1, -0.05) is 43.3 Å². The molecule has 2 aromatic rings. The Kier molecular flexibility index (Phi) is 4.68. The summed E-state index contributed by atoms with van der Waals surface area (Å²) in [6, 6.07) is 18.8. The lowest BCUT2D eigenvalue weighted by atomic mass is 9.79. The standard InChI is InChI=1S/C23H26N2/c1-5-25-22-12-11-18(14-21(22)17(2)15-23(25,3)4)13-20(16-24)19-9-7-6-8-10-19/h6-14,17H,5,15H2,1-4H3/b20-13+/t17-/m1/s1. The van der Waals surface area contributed by atoms with Crippen LogP contribution in [-0.4, -0.2) is 12.1 Å². The zero-order chi connectivity index (χ0) is 18.0. The van der Waals surface area contributed by atoms with Crippen molar-refractivity contribution in [3.63, 3.8) is 0 Å². The minimum Gasteiger partial charge on any atom is -0.366 e. The quantitative estimate of drug-likeness (QED) is 0.520. The number of hydrogen-bond donors (Lipinski definition) is 0. The number of rotatable bonds is 3. The van der Waals surface area contributed by atoms with E-state index in [-0.39, 0.29) is 5.54 Å². The van der Waals surface area contributed by atoms with E-state index in [0.717, 1.165) is 24.1 Å². The fourth-order valence-corrected chi connectivity index (χ4v) is 4.16. The van der Waals surface area contributed by atoms with Crippen LogP contribution in [0.2, 0.25) is 0 Å². The van der Waals surface area contributed by atoms with Gasteiger partial charge in [0.2, 0.25) is 0 Å². The Morgan fingerprint density at radius 2 is 1.96 bits per heavy atom. The molecule has 2 heteroatoms. The van der Waals surface area contributed by atoms with Gasteiger partial charge in [0.15, 0.2) is 0 Å². The topological polar surface area (TPSA) is 27.0 Å². The van der Waals surface area contributed by atoms with E-state index in [2.05, 4.69) is 56.9 Å². The van der Waals surface area contributed by atoms with Gasteiger partial charge in [-0.15, -0.1) is 0 Å². The van der Waals surface area contributed by atoms with Crippen LogP contribution in [0.3, 0.4) is 0 Å². The average Bonchev–Trinajstić information content (AvgIpc) is 2.60. The molecule has 25 heavy (non-hydrogen) atoms. The maximum absolute atomic E-state index is 9.55. The van der Waals surface area contributed by atoms with E-state index in [0.29, 0.717) is 11.5 Å². The fourth-order valence-electron chi connectivity index (χ4n) is 4.16. The summed E-state index contributed by atoms with van der Waals surface area (Å²) >= 11 is 0. The highest BCUT2D eigenvalue weighted by Gasteiger charge is 2.35. The monoisotopic (exact) mass is 330 g/mol. The molecular weight excluding hydrogens is 304 g/mol. The Balaban J connectivity index is 2.03. The molecule has 0 saturated carbocycles. The van der Waals surface area contributed by atoms with E-state index < -0.39 is 0 Å². The van der Waals surface area contributed by atoms with Gasteiger partial charge in [0.1, 0.15) is 0 Å². The van der Waals surface area contributed by atoms with Crippen molar-refractivity contribution in [2.45, 2.75) is 45.6 Å². The molecule has 0 spiro atoms. The number of fused-ring (bicyclic) bond motifs is 1. The number of hydrogen-bond acceptors (Lipinski definition) is 2. The van der Waals surface area contributed by atoms with Gasteiger partial charge in [0, 0.05) is 17.8 Å². The molecule has 1 aliphatic rings. The molecule has 2 aromatic carbocycles. The molecule has 0 fully saturated rings. The summed E-state index contributed by atoms with van der Waals surface area (Å²) in [5.74, 6) is 0.517. The summed E-state index contributed by atoms with van der Waals surface area (Å²) in [5.41, 5.74) is 5.67. The predicted molar refractivity (Wildman–Crippen MR) is 106 cm³/mol. The van der Waals surface area contributed by atoms with Crippen molar-refractivity contribution < 1.29 is 0 Å². The summed E-state index contributed by atoms with van der Waals surface area (Å²) in [4.78, 5) is 2.50. The van der Waals surface area contributed by atoms with Crippen LogP contribution in [-0.2, 0) is 0 Å². The Morgan fingerprint density at radius 1 is 1.24 bits per heavy atom. The summed E-state index contributed by atoms with van der Waals surface area (Å²) in [6.45, 7) is 10.2. The van der Waals surface area contributed by atoms with E-state index >= 15 is 0 Å². The van der Waals surface area contributed by atoms with Crippen molar-refractivity contribution in [1.29, 1.82) is 5.26 Å². The van der Waals surface area contributed by atoms with E-state index in [1.807, 2.05) is 36.4 Å². The maximum atomic E-state index is 9.55. The molecule has 1 heterocycles. The largest absolute Gasteiger partial charge is 0.366 e. The van der Waals surface area contributed by atoms with E-state index in [4.69, 9.17) is 0 Å². The van der Waals surface area contributed by atoms with Gasteiger partial charge in [-0.3, -0.25) is 0 Å². The second-order valence-corrected chi connectivity index (χ2v) is 7.52. The zero-order valence-corrected chi connectivity index (χ0v) is 15.6. The second-order valence-electron chi connectivity index (χ2n) is 7.52. The molecule has 0 bridgehead atoms. The molecule has 0 N–H and O–H groups in total. The fraction of sp³-hybridized carbons (Fsp3) is 0.348. The number of nitriles is 1. The number of anilines is 1. The molecule has 2 nitrogen and oxygen atoms in total. The summed E-state index contributed by atoms with van der Waals surface area (Å²) < 4.78 is 0. The van der Waals surface area contributed by atoms with Crippen molar-refractivity contribution in [1.82, 2.24) is 0 Å². The molecule has 1 aliphatic heterocycles. The molecule has 128 valence electrons. The van der Waals surface area contributed by atoms with Crippen molar-refractivity contribution in [2.75, 3.05) is 11.4 Å². The minimum atomic E-state index is 0.181. The normalized spacial score (nSPS) is 19.2. The van der Waals surface area contributed by atoms with Crippen LogP contribution < -0.4 is 4.90 Å². The van der Waals surface area contributed by atoms with Gasteiger partial charge >= 0.3 is 0 Å². The molecule has 0 amide bonds. The van der Waals surface area contributed by atoms with Gasteiger partial charge in [-0.25, -0.2) is 0 Å². The third-order valence-electron chi connectivity index (χ3n) is 5.24. The Bertz CT molecular complexity index is 825. The molecule has 0 radical (unpaired) electrons. The van der Waals surface area contributed by atoms with E-state index in [9.17, 15) is 5.26 Å². The summed E-state index contributed by atoms with van der Waals surface area (Å²) in [5, 5.41) is 9.55. The highest BCUT2D eigenvalue weighted by molar-refractivity contribution is 5.90. The van der Waals surface area contributed by atoms with Crippen LogP contribution in [0.1, 0.15) is 56.7 Å². The van der Waals surface area contributed by atoms with Crippen LogP contribution in [0.5, 0.6) is 0 Å². The molecule has 1 atom stereocenters. The van der Waals surface area contributed by atoms with Crippen molar-refractivity contribution in [3.05, 3.63) is 65.2 Å². The molecule has 0 saturated heterocycles. The minimum absolute atomic E-state index is 0.181. The summed E-state index contributed by atoms with van der Waals surface area (Å²) in [6.07, 6.45) is 3.14. The van der Waals surface area contributed by atoms with Crippen LogP contribution in [0, 0.1) is 11.3 Å². The highest BCUT2D eigenvalue weighted by Crippen LogP contribution is 2.43. The maximum Gasteiger partial charge on any atom is 0.0998 e. The molecule has 0 aliphatic carbocycles. The van der Waals surface area contributed by atoms with Crippen LogP contribution in [0.25, 0.3) is 11.6 Å². The first-order valence-corrected chi connectivity index (χ1v) is 9.05. The second kappa shape index (κ2) is 6.76. The number of benzene rings is 2. The van der Waals surface area contributed by atoms with Crippen molar-refractivity contribution >= 4 is 17.3 Å². The first-order chi connectivity index (χ1) is 12.0. The average molecular weight is 330 g/mol. The predicted octanol–water partition coefficient (Wildman–Crippen LogP) is 5.86. The molecule has 0 aromatic heterocycles.